The Morgan fingerprint density at radius 2 is 2.18 bits per heavy atom. The molecule has 1 aliphatic carbocycles. The van der Waals surface area contributed by atoms with Crippen molar-refractivity contribution in [2.45, 2.75) is 18.8 Å². The molecule has 1 aliphatic rings. The van der Waals surface area contributed by atoms with Crippen LogP contribution in [-0.4, -0.2) is 21.8 Å². The van der Waals surface area contributed by atoms with Crippen molar-refractivity contribution < 1.29 is 0 Å². The second-order valence-corrected chi connectivity index (χ2v) is 2.97. The number of hydrogen-bond donors (Lipinski definition) is 1. The first-order chi connectivity index (χ1) is 5.33. The van der Waals surface area contributed by atoms with Gasteiger partial charge in [0.1, 0.15) is 5.82 Å². The first kappa shape index (κ1) is 6.64. The van der Waals surface area contributed by atoms with Gasteiger partial charge < -0.3 is 9.88 Å². The van der Waals surface area contributed by atoms with Crippen LogP contribution in [0.2, 0.25) is 0 Å². The van der Waals surface area contributed by atoms with Crippen LogP contribution in [0.3, 0.4) is 0 Å². The van der Waals surface area contributed by atoms with Crippen molar-refractivity contribution in [1.82, 2.24) is 14.8 Å². The fourth-order valence-corrected chi connectivity index (χ4v) is 1.26. The molecule has 1 saturated carbocycles. The van der Waals surface area contributed by atoms with Crippen LogP contribution in [-0.2, 0) is 7.05 Å². The molecule has 11 heavy (non-hydrogen) atoms. The van der Waals surface area contributed by atoms with Crippen molar-refractivity contribution in [2.75, 3.05) is 12.4 Å². The molecule has 4 nitrogen and oxygen atoms in total. The largest absolute Gasteiger partial charge is 0.357 e. The zero-order chi connectivity index (χ0) is 7.84. The van der Waals surface area contributed by atoms with Gasteiger partial charge in [0.15, 0.2) is 0 Å². The van der Waals surface area contributed by atoms with Gasteiger partial charge in [-0.15, -0.1) is 10.2 Å². The van der Waals surface area contributed by atoms with Crippen molar-refractivity contribution in [3.8, 4) is 0 Å². The molecule has 0 unspecified atom stereocenters. The van der Waals surface area contributed by atoms with Crippen LogP contribution in [0.15, 0.2) is 0 Å². The zero-order valence-electron chi connectivity index (χ0n) is 6.83. The Morgan fingerprint density at radius 3 is 2.64 bits per heavy atom. The Hall–Kier alpha value is -1.06. The molecule has 0 saturated heterocycles. The van der Waals surface area contributed by atoms with Crippen molar-refractivity contribution in [1.29, 1.82) is 0 Å². The van der Waals surface area contributed by atoms with Crippen molar-refractivity contribution in [3.63, 3.8) is 0 Å². The number of nitrogens with zero attached hydrogens (tertiary/aromatic N) is 3. The topological polar surface area (TPSA) is 42.7 Å². The maximum Gasteiger partial charge on any atom is 0.224 e. The molecule has 1 N–H and O–H groups in total. The normalized spacial score (nSPS) is 16.9. The highest BCUT2D eigenvalue weighted by Crippen LogP contribution is 2.39. The van der Waals surface area contributed by atoms with Crippen LogP contribution < -0.4 is 5.32 Å². The first-order valence-corrected chi connectivity index (χ1v) is 3.90. The van der Waals surface area contributed by atoms with Gasteiger partial charge in [-0.1, -0.05) is 0 Å². The van der Waals surface area contributed by atoms with Crippen LogP contribution >= 0.6 is 0 Å². The monoisotopic (exact) mass is 152 g/mol. The standard InChI is InChI=1S/C7H12N4/c1-8-7-10-9-6(11(7)2)5-3-4-5/h5H,3-4H2,1-2H3,(H,8,10). The van der Waals surface area contributed by atoms with Gasteiger partial charge in [0.25, 0.3) is 0 Å². The van der Waals surface area contributed by atoms with E-state index in [9.17, 15) is 0 Å². The van der Waals surface area contributed by atoms with Gasteiger partial charge in [-0.3, -0.25) is 0 Å². The third-order valence-corrected chi connectivity index (χ3v) is 2.07. The number of hydrogen-bond acceptors (Lipinski definition) is 3. The van der Waals surface area contributed by atoms with Gasteiger partial charge in [0.05, 0.1) is 0 Å². The van der Waals surface area contributed by atoms with Gasteiger partial charge in [-0.05, 0) is 12.8 Å². The third-order valence-electron chi connectivity index (χ3n) is 2.07. The molecule has 0 bridgehead atoms. The molecule has 1 heterocycles. The number of anilines is 1. The summed E-state index contributed by atoms with van der Waals surface area (Å²) >= 11 is 0. The fourth-order valence-electron chi connectivity index (χ4n) is 1.26. The molecule has 0 radical (unpaired) electrons. The highest BCUT2D eigenvalue weighted by Gasteiger charge is 2.28. The molecule has 1 aromatic rings. The second kappa shape index (κ2) is 2.22. The van der Waals surface area contributed by atoms with Gasteiger partial charge in [-0.2, -0.15) is 0 Å². The molecular weight excluding hydrogens is 140 g/mol. The van der Waals surface area contributed by atoms with Gasteiger partial charge >= 0.3 is 0 Å². The van der Waals surface area contributed by atoms with E-state index in [0.717, 1.165) is 11.8 Å². The average molecular weight is 152 g/mol. The summed E-state index contributed by atoms with van der Waals surface area (Å²) in [5.74, 6) is 2.65. The zero-order valence-corrected chi connectivity index (χ0v) is 6.83. The van der Waals surface area contributed by atoms with E-state index >= 15 is 0 Å². The predicted molar refractivity (Wildman–Crippen MR) is 42.5 cm³/mol. The molecule has 0 spiro atoms. The lowest BCUT2D eigenvalue weighted by atomic mass is 10.4. The Labute approximate surface area is 65.6 Å². The Kier molecular flexibility index (Phi) is 1.34. The molecule has 0 aromatic carbocycles. The van der Waals surface area contributed by atoms with Gasteiger partial charge in [0.2, 0.25) is 5.95 Å². The minimum atomic E-state index is 0.676. The summed E-state index contributed by atoms with van der Waals surface area (Å²) in [6.45, 7) is 0. The minimum absolute atomic E-state index is 0.676. The van der Waals surface area contributed by atoms with Gasteiger partial charge in [-0.25, -0.2) is 0 Å². The van der Waals surface area contributed by atoms with Crippen LogP contribution in [0.1, 0.15) is 24.6 Å². The summed E-state index contributed by atoms with van der Waals surface area (Å²) in [6, 6.07) is 0. The first-order valence-electron chi connectivity index (χ1n) is 3.90. The molecule has 4 heteroatoms. The predicted octanol–water partition coefficient (Wildman–Crippen LogP) is 0.734. The summed E-state index contributed by atoms with van der Waals surface area (Å²) in [7, 11) is 3.86. The molecule has 60 valence electrons. The minimum Gasteiger partial charge on any atom is -0.357 e. The highest BCUT2D eigenvalue weighted by molar-refractivity contribution is 5.26. The molecule has 2 rings (SSSR count). The van der Waals surface area contributed by atoms with E-state index in [1.54, 1.807) is 0 Å². The summed E-state index contributed by atoms with van der Waals surface area (Å²) in [6.07, 6.45) is 2.55. The van der Waals surface area contributed by atoms with Crippen molar-refractivity contribution in [2.24, 2.45) is 7.05 Å². The average Bonchev–Trinajstić information content (AvgIpc) is 2.77. The summed E-state index contributed by atoms with van der Waals surface area (Å²) in [4.78, 5) is 0. The lowest BCUT2D eigenvalue weighted by molar-refractivity contribution is 0.802. The molecule has 1 aromatic heterocycles. The van der Waals surface area contributed by atoms with Crippen LogP contribution in [0.25, 0.3) is 0 Å². The van der Waals surface area contributed by atoms with E-state index in [2.05, 4.69) is 15.5 Å². The van der Waals surface area contributed by atoms with Crippen molar-refractivity contribution in [3.05, 3.63) is 5.82 Å². The number of rotatable bonds is 2. The fraction of sp³-hybridized carbons (Fsp3) is 0.714. The molecule has 1 fully saturated rings. The van der Waals surface area contributed by atoms with Crippen LogP contribution in [0.4, 0.5) is 5.95 Å². The number of nitrogens with one attached hydrogen (secondary N) is 1. The van der Waals surface area contributed by atoms with Gasteiger partial charge in [0, 0.05) is 20.0 Å². The van der Waals surface area contributed by atoms with E-state index in [4.69, 9.17) is 0 Å². The van der Waals surface area contributed by atoms with E-state index in [1.165, 1.54) is 12.8 Å². The smallest absolute Gasteiger partial charge is 0.224 e. The van der Waals surface area contributed by atoms with Crippen LogP contribution in [0.5, 0.6) is 0 Å². The van der Waals surface area contributed by atoms with E-state index in [-0.39, 0.29) is 0 Å². The maximum atomic E-state index is 4.10. The van der Waals surface area contributed by atoms with E-state index < -0.39 is 0 Å². The molecule has 0 amide bonds. The summed E-state index contributed by atoms with van der Waals surface area (Å²) < 4.78 is 2.03. The van der Waals surface area contributed by atoms with E-state index in [1.807, 2.05) is 18.7 Å². The summed E-state index contributed by atoms with van der Waals surface area (Å²) in [5.41, 5.74) is 0. The lowest BCUT2D eigenvalue weighted by Gasteiger charge is -1.99. The lowest BCUT2D eigenvalue weighted by Crippen LogP contribution is -2.01. The van der Waals surface area contributed by atoms with Crippen molar-refractivity contribution >= 4 is 5.95 Å². The van der Waals surface area contributed by atoms with Crippen LogP contribution in [0, 0.1) is 0 Å². The molecular formula is C7H12N4. The second-order valence-electron chi connectivity index (χ2n) is 2.97. The number of aromatic nitrogens is 3. The molecule has 0 aliphatic heterocycles. The maximum absolute atomic E-state index is 4.10. The quantitative estimate of drug-likeness (QED) is 0.679. The Bertz CT molecular complexity index is 261. The highest BCUT2D eigenvalue weighted by atomic mass is 15.3. The third kappa shape index (κ3) is 0.982. The molecule has 0 atom stereocenters. The Morgan fingerprint density at radius 1 is 1.45 bits per heavy atom. The van der Waals surface area contributed by atoms with E-state index in [0.29, 0.717) is 5.92 Å². The summed E-state index contributed by atoms with van der Waals surface area (Å²) in [5, 5.41) is 11.1. The Balaban J connectivity index is 2.33. The SMILES string of the molecule is CNc1nnc(C2CC2)n1C.